The van der Waals surface area contributed by atoms with Gasteiger partial charge in [-0.15, -0.1) is 0 Å². The molecule has 0 spiro atoms. The first-order chi connectivity index (χ1) is 30.3. The summed E-state index contributed by atoms with van der Waals surface area (Å²) in [6, 6.07) is 0. The third kappa shape index (κ3) is 47.9. The summed E-state index contributed by atoms with van der Waals surface area (Å²) in [6.07, 6.45) is 50.8. The molecule has 2 atom stereocenters. The Morgan fingerprint density at radius 3 is 0.919 bits per heavy atom. The lowest BCUT2D eigenvalue weighted by molar-refractivity contribution is -0.167. The van der Waals surface area contributed by atoms with Gasteiger partial charge in [0, 0.05) is 19.3 Å². The lowest BCUT2D eigenvalue weighted by Crippen LogP contribution is -2.30. The zero-order valence-corrected chi connectivity index (χ0v) is 42.5. The van der Waals surface area contributed by atoms with Gasteiger partial charge in [-0.25, -0.2) is 0 Å². The van der Waals surface area contributed by atoms with Crippen LogP contribution in [0.2, 0.25) is 0 Å². The van der Waals surface area contributed by atoms with E-state index in [-0.39, 0.29) is 31.1 Å². The maximum atomic E-state index is 12.8. The van der Waals surface area contributed by atoms with Crippen LogP contribution in [0.5, 0.6) is 0 Å². The van der Waals surface area contributed by atoms with Gasteiger partial charge in [-0.3, -0.25) is 14.4 Å². The van der Waals surface area contributed by atoms with Crippen LogP contribution in [-0.4, -0.2) is 37.2 Å². The summed E-state index contributed by atoms with van der Waals surface area (Å²) in [4.78, 5) is 38.0. The van der Waals surface area contributed by atoms with Crippen molar-refractivity contribution in [1.29, 1.82) is 0 Å². The zero-order valence-electron chi connectivity index (χ0n) is 42.5. The second kappa shape index (κ2) is 48.9. The molecular weight excluding hydrogens is 769 g/mol. The van der Waals surface area contributed by atoms with Gasteiger partial charge in [0.1, 0.15) is 13.2 Å². The van der Waals surface area contributed by atoms with Gasteiger partial charge in [-0.1, -0.05) is 272 Å². The number of carbonyl (C=O) groups excluding carboxylic acids is 3. The molecule has 0 amide bonds. The molecule has 0 fully saturated rings. The SMILES string of the molecule is CCCCCCCCCCCCCCC(=O)OC[C@@H](COC(=O)CCCCCCCCCCCCC(C)CC)OC(=O)CCCCCCCCCCCCCCCCCC(C)C. The monoisotopic (exact) mass is 877 g/mol. The molecule has 0 aromatic carbocycles. The summed E-state index contributed by atoms with van der Waals surface area (Å²) >= 11 is 0. The fourth-order valence-electron chi connectivity index (χ4n) is 8.49. The third-order valence-corrected chi connectivity index (χ3v) is 13.1. The molecular formula is C56H108O6. The first-order valence-electron chi connectivity index (χ1n) is 27.8. The topological polar surface area (TPSA) is 78.9 Å². The Morgan fingerprint density at radius 1 is 0.339 bits per heavy atom. The highest BCUT2D eigenvalue weighted by Crippen LogP contribution is 2.18. The summed E-state index contributed by atoms with van der Waals surface area (Å²) in [5, 5.41) is 0. The molecule has 0 bridgehead atoms. The first kappa shape index (κ1) is 60.4. The van der Waals surface area contributed by atoms with Crippen molar-refractivity contribution in [2.24, 2.45) is 11.8 Å². The molecule has 6 nitrogen and oxygen atoms in total. The molecule has 0 aliphatic carbocycles. The summed E-state index contributed by atoms with van der Waals surface area (Å²) in [5.74, 6) is 0.875. The molecule has 62 heavy (non-hydrogen) atoms. The normalized spacial score (nSPS) is 12.5. The van der Waals surface area contributed by atoms with Crippen LogP contribution >= 0.6 is 0 Å². The van der Waals surface area contributed by atoms with Crippen molar-refractivity contribution in [3.63, 3.8) is 0 Å². The van der Waals surface area contributed by atoms with E-state index in [1.54, 1.807) is 0 Å². The van der Waals surface area contributed by atoms with Gasteiger partial charge in [0.25, 0.3) is 0 Å². The molecule has 0 aliphatic heterocycles. The molecule has 0 aromatic heterocycles. The van der Waals surface area contributed by atoms with Crippen molar-refractivity contribution in [3.8, 4) is 0 Å². The minimum Gasteiger partial charge on any atom is -0.462 e. The second-order valence-corrected chi connectivity index (χ2v) is 19.9. The lowest BCUT2D eigenvalue weighted by Gasteiger charge is -2.18. The second-order valence-electron chi connectivity index (χ2n) is 19.9. The number of esters is 3. The number of hydrogen-bond donors (Lipinski definition) is 0. The Bertz CT molecular complexity index is 949. The molecule has 0 saturated heterocycles. The minimum atomic E-state index is -0.762. The number of hydrogen-bond acceptors (Lipinski definition) is 6. The van der Waals surface area contributed by atoms with Gasteiger partial charge in [0.2, 0.25) is 0 Å². The van der Waals surface area contributed by atoms with E-state index < -0.39 is 6.10 Å². The third-order valence-electron chi connectivity index (χ3n) is 13.1. The minimum absolute atomic E-state index is 0.0631. The van der Waals surface area contributed by atoms with E-state index in [2.05, 4.69) is 34.6 Å². The Balaban J connectivity index is 4.30. The Labute approximate surface area is 387 Å². The Hall–Kier alpha value is -1.59. The predicted octanol–water partition coefficient (Wildman–Crippen LogP) is 18.1. The van der Waals surface area contributed by atoms with Crippen LogP contribution in [0.4, 0.5) is 0 Å². The quantitative estimate of drug-likeness (QED) is 0.0344. The van der Waals surface area contributed by atoms with E-state index in [0.717, 1.165) is 69.6 Å². The van der Waals surface area contributed by atoms with E-state index >= 15 is 0 Å². The maximum Gasteiger partial charge on any atom is 0.306 e. The standard InChI is InChI=1S/C56H108O6/c1-6-8-9-10-11-12-13-20-26-31-36-41-46-54(57)60-49-53(50-61-55(58)47-42-37-32-27-23-22-25-30-35-40-45-52(5)7-2)62-56(59)48-43-38-33-28-21-18-16-14-15-17-19-24-29-34-39-44-51(3)4/h51-53H,6-50H2,1-5H3/t52?,53-/m0/s1. The van der Waals surface area contributed by atoms with Crippen LogP contribution in [0.15, 0.2) is 0 Å². The summed E-state index contributed by atoms with van der Waals surface area (Å²) < 4.78 is 16.9. The molecule has 368 valence electrons. The van der Waals surface area contributed by atoms with Crippen molar-refractivity contribution in [2.45, 2.75) is 317 Å². The van der Waals surface area contributed by atoms with Crippen molar-refractivity contribution >= 4 is 17.9 Å². The fourth-order valence-corrected chi connectivity index (χ4v) is 8.49. The van der Waals surface area contributed by atoms with E-state index in [0.29, 0.717) is 19.3 Å². The van der Waals surface area contributed by atoms with Gasteiger partial charge in [0.05, 0.1) is 0 Å². The number of rotatable bonds is 50. The highest BCUT2D eigenvalue weighted by molar-refractivity contribution is 5.71. The summed E-state index contributed by atoms with van der Waals surface area (Å²) in [5.41, 5.74) is 0. The van der Waals surface area contributed by atoms with Gasteiger partial charge >= 0.3 is 17.9 Å². The molecule has 0 aliphatic rings. The molecule has 0 aromatic rings. The first-order valence-corrected chi connectivity index (χ1v) is 27.8. The molecule has 0 N–H and O–H groups in total. The summed E-state index contributed by atoms with van der Waals surface area (Å²) in [7, 11) is 0. The van der Waals surface area contributed by atoms with Crippen LogP contribution in [0.3, 0.4) is 0 Å². The van der Waals surface area contributed by atoms with E-state index in [4.69, 9.17) is 14.2 Å². The molecule has 6 heteroatoms. The van der Waals surface area contributed by atoms with Crippen molar-refractivity contribution in [1.82, 2.24) is 0 Å². The maximum absolute atomic E-state index is 12.8. The van der Waals surface area contributed by atoms with Crippen LogP contribution in [0.25, 0.3) is 0 Å². The molecule has 0 saturated carbocycles. The highest BCUT2D eigenvalue weighted by atomic mass is 16.6. The van der Waals surface area contributed by atoms with Crippen LogP contribution in [0, 0.1) is 11.8 Å². The lowest BCUT2D eigenvalue weighted by atomic mass is 9.99. The molecule has 1 unspecified atom stereocenters. The fraction of sp³-hybridized carbons (Fsp3) is 0.946. The van der Waals surface area contributed by atoms with E-state index in [1.807, 2.05) is 0 Å². The van der Waals surface area contributed by atoms with E-state index in [1.165, 1.54) is 199 Å². The van der Waals surface area contributed by atoms with Gasteiger partial charge in [0.15, 0.2) is 6.10 Å². The number of unbranched alkanes of at least 4 members (excludes halogenated alkanes) is 34. The van der Waals surface area contributed by atoms with Crippen molar-refractivity contribution < 1.29 is 28.6 Å². The molecule has 0 rings (SSSR count). The predicted molar refractivity (Wildman–Crippen MR) is 266 cm³/mol. The van der Waals surface area contributed by atoms with Crippen LogP contribution in [0.1, 0.15) is 311 Å². The largest absolute Gasteiger partial charge is 0.462 e. The van der Waals surface area contributed by atoms with E-state index in [9.17, 15) is 14.4 Å². The average molecular weight is 877 g/mol. The zero-order chi connectivity index (χ0) is 45.4. The number of ether oxygens (including phenoxy) is 3. The summed E-state index contributed by atoms with van der Waals surface area (Å²) in [6.45, 7) is 11.4. The van der Waals surface area contributed by atoms with Crippen LogP contribution < -0.4 is 0 Å². The Morgan fingerprint density at radius 2 is 0.613 bits per heavy atom. The number of carbonyl (C=O) groups is 3. The van der Waals surface area contributed by atoms with Gasteiger partial charge < -0.3 is 14.2 Å². The Kier molecular flexibility index (Phi) is 47.6. The highest BCUT2D eigenvalue weighted by Gasteiger charge is 2.19. The van der Waals surface area contributed by atoms with Crippen LogP contribution in [-0.2, 0) is 28.6 Å². The van der Waals surface area contributed by atoms with Crippen molar-refractivity contribution in [2.75, 3.05) is 13.2 Å². The van der Waals surface area contributed by atoms with Crippen molar-refractivity contribution in [3.05, 3.63) is 0 Å². The van der Waals surface area contributed by atoms with Gasteiger partial charge in [-0.05, 0) is 31.1 Å². The average Bonchev–Trinajstić information content (AvgIpc) is 3.26. The smallest absolute Gasteiger partial charge is 0.306 e. The van der Waals surface area contributed by atoms with Gasteiger partial charge in [-0.2, -0.15) is 0 Å². The molecule has 0 heterocycles. The molecule has 0 radical (unpaired) electrons.